The summed E-state index contributed by atoms with van der Waals surface area (Å²) in [6, 6.07) is 7.84. The molecule has 0 bridgehead atoms. The Morgan fingerprint density at radius 2 is 1.44 bits per heavy atom. The number of carbonyl (C=O) groups is 2. The van der Waals surface area contributed by atoms with Crippen LogP contribution in [-0.4, -0.2) is 78.9 Å². The van der Waals surface area contributed by atoms with Crippen molar-refractivity contribution in [1.82, 2.24) is 14.7 Å². The standard InChI is InChI=1S/C19H28N4O2/c1-16-4-6-17(7-5-16)20-18(24)14-21-10-12-22(13-11-21)15-19(25)23-8-2-3-9-23/h4-7H,2-3,8-15H2,1H3,(H,20,24). The van der Waals surface area contributed by atoms with Gasteiger partial charge < -0.3 is 10.2 Å². The van der Waals surface area contributed by atoms with Gasteiger partial charge in [0.2, 0.25) is 11.8 Å². The van der Waals surface area contributed by atoms with Crippen molar-refractivity contribution >= 4 is 17.5 Å². The van der Waals surface area contributed by atoms with Gasteiger partial charge in [-0.1, -0.05) is 17.7 Å². The molecule has 2 aliphatic rings. The van der Waals surface area contributed by atoms with Crippen LogP contribution in [0.25, 0.3) is 0 Å². The maximum absolute atomic E-state index is 12.2. The fraction of sp³-hybridized carbons (Fsp3) is 0.579. The Hall–Kier alpha value is -1.92. The number of hydrogen-bond donors (Lipinski definition) is 1. The first-order valence-electron chi connectivity index (χ1n) is 9.19. The van der Waals surface area contributed by atoms with Gasteiger partial charge in [0.05, 0.1) is 13.1 Å². The zero-order valence-corrected chi connectivity index (χ0v) is 15.0. The molecule has 2 saturated heterocycles. The number of nitrogens with one attached hydrogen (secondary N) is 1. The zero-order chi connectivity index (χ0) is 17.6. The number of benzene rings is 1. The summed E-state index contributed by atoms with van der Waals surface area (Å²) in [7, 11) is 0. The van der Waals surface area contributed by atoms with Crippen LogP contribution in [0, 0.1) is 6.92 Å². The molecule has 1 N–H and O–H groups in total. The number of anilines is 1. The van der Waals surface area contributed by atoms with Crippen LogP contribution in [0.3, 0.4) is 0 Å². The molecule has 2 aliphatic heterocycles. The first kappa shape index (κ1) is 17.9. The third-order valence-electron chi connectivity index (χ3n) is 4.99. The molecule has 2 amide bonds. The number of carbonyl (C=O) groups excluding carboxylic acids is 2. The molecule has 0 unspecified atom stereocenters. The van der Waals surface area contributed by atoms with Crippen molar-refractivity contribution in [3.8, 4) is 0 Å². The number of amides is 2. The molecule has 6 nitrogen and oxygen atoms in total. The van der Waals surface area contributed by atoms with E-state index in [-0.39, 0.29) is 11.8 Å². The van der Waals surface area contributed by atoms with Crippen LogP contribution >= 0.6 is 0 Å². The molecule has 25 heavy (non-hydrogen) atoms. The SMILES string of the molecule is Cc1ccc(NC(=O)CN2CCN(CC(=O)N3CCCC3)CC2)cc1. The van der Waals surface area contributed by atoms with E-state index in [2.05, 4.69) is 15.1 Å². The zero-order valence-electron chi connectivity index (χ0n) is 15.0. The van der Waals surface area contributed by atoms with Gasteiger partial charge in [-0.15, -0.1) is 0 Å². The van der Waals surface area contributed by atoms with E-state index in [0.29, 0.717) is 13.1 Å². The van der Waals surface area contributed by atoms with Crippen molar-refractivity contribution < 1.29 is 9.59 Å². The van der Waals surface area contributed by atoms with E-state index in [9.17, 15) is 9.59 Å². The normalized spacial score (nSPS) is 19.2. The number of piperazine rings is 1. The predicted octanol–water partition coefficient (Wildman–Crippen LogP) is 1.17. The highest BCUT2D eigenvalue weighted by Crippen LogP contribution is 2.10. The van der Waals surface area contributed by atoms with Gasteiger partial charge in [0.1, 0.15) is 0 Å². The van der Waals surface area contributed by atoms with E-state index in [4.69, 9.17) is 0 Å². The minimum absolute atomic E-state index is 0.0189. The second-order valence-electron chi connectivity index (χ2n) is 7.05. The summed E-state index contributed by atoms with van der Waals surface area (Å²) in [4.78, 5) is 30.7. The molecule has 0 saturated carbocycles. The van der Waals surface area contributed by atoms with Gasteiger partial charge in [0.25, 0.3) is 0 Å². The van der Waals surface area contributed by atoms with Gasteiger partial charge in [0, 0.05) is 45.0 Å². The molecule has 3 rings (SSSR count). The summed E-state index contributed by atoms with van der Waals surface area (Å²) < 4.78 is 0. The number of likely N-dealkylation sites (tertiary alicyclic amines) is 1. The van der Waals surface area contributed by atoms with Crippen molar-refractivity contribution in [1.29, 1.82) is 0 Å². The molecule has 2 heterocycles. The summed E-state index contributed by atoms with van der Waals surface area (Å²) in [5.41, 5.74) is 2.02. The molecule has 1 aromatic rings. The maximum Gasteiger partial charge on any atom is 0.238 e. The molecule has 0 atom stereocenters. The minimum atomic E-state index is 0.0189. The van der Waals surface area contributed by atoms with Gasteiger partial charge in [-0.3, -0.25) is 19.4 Å². The number of hydrogen-bond acceptors (Lipinski definition) is 4. The molecule has 0 spiro atoms. The van der Waals surface area contributed by atoms with Crippen molar-refractivity contribution in [3.63, 3.8) is 0 Å². The van der Waals surface area contributed by atoms with Crippen LogP contribution < -0.4 is 5.32 Å². The average molecular weight is 344 g/mol. The van der Waals surface area contributed by atoms with Gasteiger partial charge in [0.15, 0.2) is 0 Å². The van der Waals surface area contributed by atoms with E-state index in [1.807, 2.05) is 36.1 Å². The Kier molecular flexibility index (Phi) is 6.04. The van der Waals surface area contributed by atoms with E-state index in [0.717, 1.165) is 57.8 Å². The van der Waals surface area contributed by atoms with Crippen LogP contribution in [-0.2, 0) is 9.59 Å². The van der Waals surface area contributed by atoms with Crippen LogP contribution in [0.4, 0.5) is 5.69 Å². The highest BCUT2D eigenvalue weighted by atomic mass is 16.2. The Morgan fingerprint density at radius 3 is 2.04 bits per heavy atom. The lowest BCUT2D eigenvalue weighted by Gasteiger charge is -2.34. The molecule has 1 aromatic carbocycles. The summed E-state index contributed by atoms with van der Waals surface area (Å²) in [6.45, 7) is 8.12. The highest BCUT2D eigenvalue weighted by Gasteiger charge is 2.24. The Bertz CT molecular complexity index is 588. The van der Waals surface area contributed by atoms with E-state index in [1.165, 1.54) is 5.56 Å². The lowest BCUT2D eigenvalue weighted by molar-refractivity contribution is -0.132. The largest absolute Gasteiger partial charge is 0.342 e. The third kappa shape index (κ3) is 5.28. The molecule has 6 heteroatoms. The molecular weight excluding hydrogens is 316 g/mol. The number of rotatable bonds is 5. The Labute approximate surface area is 149 Å². The number of nitrogens with zero attached hydrogens (tertiary/aromatic N) is 3. The van der Waals surface area contributed by atoms with E-state index >= 15 is 0 Å². The molecule has 0 radical (unpaired) electrons. The van der Waals surface area contributed by atoms with Gasteiger partial charge >= 0.3 is 0 Å². The van der Waals surface area contributed by atoms with Gasteiger partial charge in [-0.25, -0.2) is 0 Å². The lowest BCUT2D eigenvalue weighted by atomic mass is 10.2. The molecular formula is C19H28N4O2. The fourth-order valence-electron chi connectivity index (χ4n) is 3.40. The Balaban J connectivity index is 1.37. The average Bonchev–Trinajstić information content (AvgIpc) is 3.13. The van der Waals surface area contributed by atoms with E-state index in [1.54, 1.807) is 0 Å². The Morgan fingerprint density at radius 1 is 0.880 bits per heavy atom. The van der Waals surface area contributed by atoms with Crippen molar-refractivity contribution in [2.75, 3.05) is 57.7 Å². The molecule has 2 fully saturated rings. The highest BCUT2D eigenvalue weighted by molar-refractivity contribution is 5.92. The van der Waals surface area contributed by atoms with Crippen LogP contribution in [0.1, 0.15) is 18.4 Å². The maximum atomic E-state index is 12.2. The third-order valence-corrected chi connectivity index (χ3v) is 4.99. The summed E-state index contributed by atoms with van der Waals surface area (Å²) >= 11 is 0. The molecule has 0 aliphatic carbocycles. The predicted molar refractivity (Wildman–Crippen MR) is 98.5 cm³/mol. The first-order chi connectivity index (χ1) is 12.1. The number of aryl methyl sites for hydroxylation is 1. The minimum Gasteiger partial charge on any atom is -0.342 e. The van der Waals surface area contributed by atoms with Crippen molar-refractivity contribution in [3.05, 3.63) is 29.8 Å². The summed E-state index contributed by atoms with van der Waals surface area (Å²) in [5, 5.41) is 2.94. The first-order valence-corrected chi connectivity index (χ1v) is 9.19. The summed E-state index contributed by atoms with van der Waals surface area (Å²) in [6.07, 6.45) is 2.27. The summed E-state index contributed by atoms with van der Waals surface area (Å²) in [5.74, 6) is 0.272. The van der Waals surface area contributed by atoms with Gasteiger partial charge in [-0.2, -0.15) is 0 Å². The van der Waals surface area contributed by atoms with Gasteiger partial charge in [-0.05, 0) is 31.9 Å². The van der Waals surface area contributed by atoms with Crippen LogP contribution in [0.5, 0.6) is 0 Å². The smallest absolute Gasteiger partial charge is 0.238 e. The quantitative estimate of drug-likeness (QED) is 0.871. The topological polar surface area (TPSA) is 55.9 Å². The molecule has 0 aromatic heterocycles. The van der Waals surface area contributed by atoms with Crippen molar-refractivity contribution in [2.24, 2.45) is 0 Å². The second kappa shape index (κ2) is 8.45. The van der Waals surface area contributed by atoms with E-state index < -0.39 is 0 Å². The molecule has 136 valence electrons. The second-order valence-corrected chi connectivity index (χ2v) is 7.05. The van der Waals surface area contributed by atoms with Crippen molar-refractivity contribution in [2.45, 2.75) is 19.8 Å². The van der Waals surface area contributed by atoms with Crippen LogP contribution in [0.2, 0.25) is 0 Å². The monoisotopic (exact) mass is 344 g/mol. The fourth-order valence-corrected chi connectivity index (χ4v) is 3.40. The lowest BCUT2D eigenvalue weighted by Crippen LogP contribution is -2.51. The van der Waals surface area contributed by atoms with Crippen LogP contribution in [0.15, 0.2) is 24.3 Å².